The highest BCUT2D eigenvalue weighted by Crippen LogP contribution is 2.14. The van der Waals surface area contributed by atoms with Gasteiger partial charge in [0, 0.05) is 23.5 Å². The van der Waals surface area contributed by atoms with Crippen LogP contribution in [-0.4, -0.2) is 15.8 Å². The van der Waals surface area contributed by atoms with Crippen LogP contribution >= 0.6 is 0 Å². The highest BCUT2D eigenvalue weighted by molar-refractivity contribution is 5.94. The van der Waals surface area contributed by atoms with Crippen LogP contribution in [0.1, 0.15) is 17.3 Å². The van der Waals surface area contributed by atoms with Gasteiger partial charge < -0.3 is 0 Å². The summed E-state index contributed by atoms with van der Waals surface area (Å²) in [6.07, 6.45) is 3.39. The first-order chi connectivity index (χ1) is 7.27. The minimum atomic E-state index is 0.0653. The molecule has 0 saturated heterocycles. The van der Waals surface area contributed by atoms with Crippen molar-refractivity contribution in [3.8, 4) is 11.4 Å². The van der Waals surface area contributed by atoms with Crippen LogP contribution in [0.3, 0.4) is 0 Å². The molecule has 2 aromatic rings. The van der Waals surface area contributed by atoms with Gasteiger partial charge in [0.1, 0.15) is 0 Å². The fourth-order valence-electron chi connectivity index (χ4n) is 1.30. The number of hydrogen-bond acceptors (Lipinski definition) is 3. The second kappa shape index (κ2) is 4.00. The Labute approximate surface area is 87.8 Å². The number of ketones is 1. The van der Waals surface area contributed by atoms with Gasteiger partial charge in [0.25, 0.3) is 0 Å². The summed E-state index contributed by atoms with van der Waals surface area (Å²) in [6, 6.07) is 9.05. The maximum Gasteiger partial charge on any atom is 0.159 e. The summed E-state index contributed by atoms with van der Waals surface area (Å²) >= 11 is 0. The minimum absolute atomic E-state index is 0.0653. The highest BCUT2D eigenvalue weighted by Gasteiger charge is 2.01. The molecule has 1 heterocycles. The Morgan fingerprint density at radius 3 is 2.20 bits per heavy atom. The van der Waals surface area contributed by atoms with Crippen LogP contribution in [0.15, 0.2) is 42.7 Å². The van der Waals surface area contributed by atoms with Crippen LogP contribution in [0.5, 0.6) is 0 Å². The first-order valence-corrected chi connectivity index (χ1v) is 4.66. The third-order valence-corrected chi connectivity index (χ3v) is 2.12. The van der Waals surface area contributed by atoms with E-state index in [0.717, 1.165) is 5.56 Å². The monoisotopic (exact) mass is 198 g/mol. The van der Waals surface area contributed by atoms with E-state index in [9.17, 15) is 4.79 Å². The lowest BCUT2D eigenvalue weighted by molar-refractivity contribution is 0.101. The van der Waals surface area contributed by atoms with Crippen molar-refractivity contribution in [1.82, 2.24) is 9.97 Å². The van der Waals surface area contributed by atoms with Gasteiger partial charge in [-0.05, 0) is 13.0 Å². The topological polar surface area (TPSA) is 42.9 Å². The summed E-state index contributed by atoms with van der Waals surface area (Å²) in [5, 5.41) is 0. The summed E-state index contributed by atoms with van der Waals surface area (Å²) in [6.45, 7) is 1.55. The highest BCUT2D eigenvalue weighted by atomic mass is 16.1. The van der Waals surface area contributed by atoms with Crippen molar-refractivity contribution in [3.05, 3.63) is 48.3 Å². The maximum absolute atomic E-state index is 11.1. The van der Waals surface area contributed by atoms with E-state index in [4.69, 9.17) is 0 Å². The van der Waals surface area contributed by atoms with Crippen molar-refractivity contribution < 1.29 is 4.79 Å². The van der Waals surface area contributed by atoms with E-state index < -0.39 is 0 Å². The van der Waals surface area contributed by atoms with E-state index in [1.165, 1.54) is 0 Å². The average molecular weight is 198 g/mol. The third kappa shape index (κ3) is 2.07. The molecular weight excluding hydrogens is 188 g/mol. The molecule has 0 radical (unpaired) electrons. The number of aromatic nitrogens is 2. The number of carbonyl (C=O) groups is 1. The lowest BCUT2D eigenvalue weighted by atomic mass is 10.1. The summed E-state index contributed by atoms with van der Waals surface area (Å²) in [4.78, 5) is 19.3. The second-order valence-corrected chi connectivity index (χ2v) is 3.21. The Morgan fingerprint density at radius 2 is 1.67 bits per heavy atom. The van der Waals surface area contributed by atoms with Crippen LogP contribution in [-0.2, 0) is 0 Å². The molecule has 0 fully saturated rings. The number of hydrogen-bond donors (Lipinski definition) is 0. The van der Waals surface area contributed by atoms with Gasteiger partial charge in [-0.1, -0.05) is 24.3 Å². The molecule has 0 aliphatic carbocycles. The molecule has 0 N–H and O–H groups in total. The Balaban J connectivity index is 2.36. The molecule has 3 nitrogen and oxygen atoms in total. The molecule has 0 aliphatic rings. The number of Topliss-reactive ketones (excluding diaryl/α,β-unsaturated/α-hetero) is 1. The molecule has 1 aromatic carbocycles. The van der Waals surface area contributed by atoms with E-state index in [0.29, 0.717) is 11.4 Å². The number of nitrogens with zero attached hydrogens (tertiary/aromatic N) is 2. The van der Waals surface area contributed by atoms with Crippen molar-refractivity contribution in [2.45, 2.75) is 6.92 Å². The average Bonchev–Trinajstić information content (AvgIpc) is 2.30. The van der Waals surface area contributed by atoms with Gasteiger partial charge in [0.2, 0.25) is 0 Å². The molecule has 3 heteroatoms. The van der Waals surface area contributed by atoms with Gasteiger partial charge in [0.15, 0.2) is 11.6 Å². The van der Waals surface area contributed by atoms with Crippen LogP contribution in [0.4, 0.5) is 0 Å². The molecule has 74 valence electrons. The summed E-state index contributed by atoms with van der Waals surface area (Å²) < 4.78 is 0. The fourth-order valence-corrected chi connectivity index (χ4v) is 1.30. The number of benzene rings is 1. The fraction of sp³-hybridized carbons (Fsp3) is 0.0833. The Morgan fingerprint density at radius 1 is 1.07 bits per heavy atom. The molecule has 0 atom stereocenters. The zero-order valence-electron chi connectivity index (χ0n) is 8.34. The maximum atomic E-state index is 11.1. The van der Waals surface area contributed by atoms with Crippen molar-refractivity contribution in [3.63, 3.8) is 0 Å². The van der Waals surface area contributed by atoms with Gasteiger partial charge in [0.05, 0.1) is 0 Å². The molecule has 0 unspecified atom stereocenters. The lowest BCUT2D eigenvalue weighted by Crippen LogP contribution is -1.92. The summed E-state index contributed by atoms with van der Waals surface area (Å²) in [5.41, 5.74) is 1.62. The van der Waals surface area contributed by atoms with Gasteiger partial charge in [-0.15, -0.1) is 0 Å². The van der Waals surface area contributed by atoms with E-state index >= 15 is 0 Å². The van der Waals surface area contributed by atoms with Crippen LogP contribution in [0, 0.1) is 0 Å². The first-order valence-electron chi connectivity index (χ1n) is 4.66. The molecular formula is C12H10N2O. The Kier molecular flexibility index (Phi) is 2.54. The second-order valence-electron chi connectivity index (χ2n) is 3.21. The predicted octanol–water partition coefficient (Wildman–Crippen LogP) is 2.35. The van der Waals surface area contributed by atoms with Crippen LogP contribution in [0.2, 0.25) is 0 Å². The SMILES string of the molecule is CC(=O)c1ccc(-c2ncccn2)cc1. The quantitative estimate of drug-likeness (QED) is 0.695. The van der Waals surface area contributed by atoms with Gasteiger partial charge in [-0.25, -0.2) is 9.97 Å². The smallest absolute Gasteiger partial charge is 0.159 e. The lowest BCUT2D eigenvalue weighted by Gasteiger charge is -1.99. The molecule has 0 amide bonds. The standard InChI is InChI=1S/C12H10N2O/c1-9(15)10-3-5-11(6-4-10)12-13-7-2-8-14-12/h2-8H,1H3. The number of carbonyl (C=O) groups excluding carboxylic acids is 1. The Hall–Kier alpha value is -2.03. The molecule has 15 heavy (non-hydrogen) atoms. The zero-order valence-corrected chi connectivity index (χ0v) is 8.34. The number of rotatable bonds is 2. The minimum Gasteiger partial charge on any atom is -0.295 e. The Bertz CT molecular complexity index is 463. The van der Waals surface area contributed by atoms with Crippen LogP contribution in [0.25, 0.3) is 11.4 Å². The molecule has 0 aliphatic heterocycles. The zero-order chi connectivity index (χ0) is 10.7. The van der Waals surface area contributed by atoms with Gasteiger partial charge in [-0.2, -0.15) is 0 Å². The summed E-state index contributed by atoms with van der Waals surface area (Å²) in [7, 11) is 0. The molecule has 0 bridgehead atoms. The van der Waals surface area contributed by atoms with Crippen LogP contribution < -0.4 is 0 Å². The predicted molar refractivity (Wildman–Crippen MR) is 57.5 cm³/mol. The van der Waals surface area contributed by atoms with Crippen molar-refractivity contribution in [2.75, 3.05) is 0 Å². The van der Waals surface area contributed by atoms with E-state index in [1.807, 2.05) is 12.1 Å². The molecule has 2 rings (SSSR count). The van der Waals surface area contributed by atoms with Crippen molar-refractivity contribution in [1.29, 1.82) is 0 Å². The first kappa shape index (κ1) is 9.52. The third-order valence-electron chi connectivity index (χ3n) is 2.12. The normalized spacial score (nSPS) is 9.93. The van der Waals surface area contributed by atoms with E-state index in [1.54, 1.807) is 37.5 Å². The summed E-state index contributed by atoms with van der Waals surface area (Å²) in [5.74, 6) is 0.739. The molecule has 0 saturated carbocycles. The molecule has 1 aromatic heterocycles. The van der Waals surface area contributed by atoms with Gasteiger partial charge in [-0.3, -0.25) is 4.79 Å². The van der Waals surface area contributed by atoms with Crippen molar-refractivity contribution in [2.24, 2.45) is 0 Å². The van der Waals surface area contributed by atoms with E-state index in [-0.39, 0.29) is 5.78 Å². The largest absolute Gasteiger partial charge is 0.295 e. The van der Waals surface area contributed by atoms with E-state index in [2.05, 4.69) is 9.97 Å². The van der Waals surface area contributed by atoms with Crippen molar-refractivity contribution >= 4 is 5.78 Å². The van der Waals surface area contributed by atoms with Gasteiger partial charge >= 0.3 is 0 Å². The molecule has 0 spiro atoms.